The van der Waals surface area contributed by atoms with Crippen molar-refractivity contribution >= 4 is 51.6 Å². The number of anilines is 3. The number of benzene rings is 2. The number of ether oxygens (including phenoxy) is 2. The summed E-state index contributed by atoms with van der Waals surface area (Å²) in [4.78, 5) is 59.5. The number of nitrogens with one attached hydrogen (secondary N) is 1. The topological polar surface area (TPSA) is 158 Å². The molecule has 5 aromatic rings. The van der Waals surface area contributed by atoms with Crippen LogP contribution in [0.1, 0.15) is 118 Å². The summed E-state index contributed by atoms with van der Waals surface area (Å²) in [6.07, 6.45) is 17.1. The molecule has 0 aliphatic heterocycles. The normalized spacial score (nSPS) is 14.7. The van der Waals surface area contributed by atoms with E-state index in [9.17, 15) is 18.8 Å². The molecule has 340 valence electrons. The maximum atomic E-state index is 14.3. The zero-order chi connectivity index (χ0) is 44.3. The number of amides is 1. The maximum Gasteiger partial charge on any atom is 0.327 e. The van der Waals surface area contributed by atoms with Crippen LogP contribution in [0.4, 0.5) is 21.7 Å². The summed E-state index contributed by atoms with van der Waals surface area (Å²) in [5, 5.41) is 7.88. The minimum atomic E-state index is -0.513. The van der Waals surface area contributed by atoms with E-state index in [1.54, 1.807) is 29.9 Å². The number of carbonyl (C=O) groups is 3. The summed E-state index contributed by atoms with van der Waals surface area (Å²) >= 11 is 0. The molecule has 3 aliphatic rings. The van der Waals surface area contributed by atoms with Gasteiger partial charge in [-0.15, -0.1) is 0 Å². The first kappa shape index (κ1) is 47.2. The first-order chi connectivity index (χ1) is 30.6. The molecular weight excluding hydrogens is 814 g/mol. The summed E-state index contributed by atoms with van der Waals surface area (Å²) < 4.78 is 25.9. The van der Waals surface area contributed by atoms with Crippen molar-refractivity contribution in [3.8, 4) is 0 Å². The Hall–Kier alpha value is -6.25. The van der Waals surface area contributed by atoms with Gasteiger partial charge >= 0.3 is 5.97 Å². The molecule has 15 heteroatoms. The summed E-state index contributed by atoms with van der Waals surface area (Å²) in [6, 6.07) is 14.1. The molecular formula is C49H62FN9O5. The minimum Gasteiger partial charge on any atom is -0.497 e. The smallest absolute Gasteiger partial charge is 0.327 e. The molecule has 3 heterocycles. The SMILES string of the molecule is C.C=C(OC)c1ccc(NC(=O)c2cc(N(CC3CC3)C3CCCCC3)ncn2)cc1F.CCCN(CC1CC1)c1cc(C(=O)Cc2ccc3c(cnn3CC(=O)OCC)c2)ncn1. The number of ketones is 1. The van der Waals surface area contributed by atoms with Crippen LogP contribution in [0.2, 0.25) is 0 Å². The number of carbonyl (C=O) groups excluding carboxylic acids is 3. The average molecular weight is 876 g/mol. The molecule has 3 aliphatic carbocycles. The number of rotatable bonds is 19. The lowest BCUT2D eigenvalue weighted by Gasteiger charge is -2.35. The zero-order valence-electron chi connectivity index (χ0n) is 36.6. The van der Waals surface area contributed by atoms with Gasteiger partial charge in [-0.05, 0) is 99.6 Å². The highest BCUT2D eigenvalue weighted by atomic mass is 19.1. The van der Waals surface area contributed by atoms with Gasteiger partial charge in [-0.2, -0.15) is 5.10 Å². The fraction of sp³-hybridized carbons (Fsp3) is 0.469. The van der Waals surface area contributed by atoms with Gasteiger partial charge in [0.05, 0.1) is 31.0 Å². The zero-order valence-corrected chi connectivity index (χ0v) is 36.6. The van der Waals surface area contributed by atoms with Crippen LogP contribution in [0.15, 0.2) is 74.0 Å². The van der Waals surface area contributed by atoms with Crippen LogP contribution in [0.5, 0.6) is 0 Å². The molecule has 64 heavy (non-hydrogen) atoms. The Balaban J connectivity index is 0.000000209. The molecule has 3 aromatic heterocycles. The highest BCUT2D eigenvalue weighted by molar-refractivity contribution is 6.03. The summed E-state index contributed by atoms with van der Waals surface area (Å²) in [7, 11) is 1.43. The Morgan fingerprint density at radius 1 is 0.859 bits per heavy atom. The predicted octanol–water partition coefficient (Wildman–Crippen LogP) is 9.11. The number of Topliss-reactive ketones (excluding diaryl/α,β-unsaturated/α-hetero) is 1. The van der Waals surface area contributed by atoms with Gasteiger partial charge in [0.15, 0.2) is 5.78 Å². The van der Waals surface area contributed by atoms with Crippen LogP contribution in [0, 0.1) is 17.7 Å². The van der Waals surface area contributed by atoms with Crippen molar-refractivity contribution in [3.63, 3.8) is 0 Å². The van der Waals surface area contributed by atoms with Crippen LogP contribution in [-0.4, -0.2) is 86.8 Å². The lowest BCUT2D eigenvalue weighted by atomic mass is 9.94. The molecule has 1 N–H and O–H groups in total. The van der Waals surface area contributed by atoms with E-state index in [4.69, 9.17) is 9.47 Å². The molecule has 0 radical (unpaired) electrons. The van der Waals surface area contributed by atoms with Crippen LogP contribution in [0.3, 0.4) is 0 Å². The van der Waals surface area contributed by atoms with E-state index in [2.05, 4.69) is 53.7 Å². The summed E-state index contributed by atoms with van der Waals surface area (Å²) in [5.41, 5.74) is 3.01. The molecule has 14 nitrogen and oxygen atoms in total. The van der Waals surface area contributed by atoms with Crippen molar-refractivity contribution in [2.45, 2.75) is 104 Å². The Bertz CT molecular complexity index is 2390. The van der Waals surface area contributed by atoms with Gasteiger partial charge in [0.2, 0.25) is 0 Å². The molecule has 3 fully saturated rings. The first-order valence-corrected chi connectivity index (χ1v) is 22.2. The second kappa shape index (κ2) is 22.4. The second-order valence-corrected chi connectivity index (χ2v) is 16.7. The van der Waals surface area contributed by atoms with E-state index < -0.39 is 11.7 Å². The molecule has 0 atom stereocenters. The van der Waals surface area contributed by atoms with Gasteiger partial charge in [0.1, 0.15) is 53.8 Å². The van der Waals surface area contributed by atoms with E-state index in [1.165, 1.54) is 76.8 Å². The average Bonchev–Trinajstić information content (AvgIpc) is 4.25. The minimum absolute atomic E-state index is 0. The van der Waals surface area contributed by atoms with Crippen molar-refractivity contribution < 1.29 is 28.2 Å². The van der Waals surface area contributed by atoms with Crippen LogP contribution >= 0.6 is 0 Å². The number of hydrogen-bond acceptors (Lipinski definition) is 12. The largest absolute Gasteiger partial charge is 0.497 e. The molecule has 2 aromatic carbocycles. The van der Waals surface area contributed by atoms with Gasteiger partial charge in [-0.3, -0.25) is 19.1 Å². The fourth-order valence-corrected chi connectivity index (χ4v) is 7.98. The number of esters is 1. The highest BCUT2D eigenvalue weighted by Gasteiger charge is 2.30. The Morgan fingerprint density at radius 3 is 2.25 bits per heavy atom. The number of hydrogen-bond donors (Lipinski definition) is 1. The quantitative estimate of drug-likeness (QED) is 0.0478. The van der Waals surface area contributed by atoms with Gasteiger partial charge in [-0.1, -0.05) is 46.3 Å². The third-order valence-corrected chi connectivity index (χ3v) is 11.7. The van der Waals surface area contributed by atoms with Gasteiger partial charge in [0, 0.05) is 55.3 Å². The molecule has 3 saturated carbocycles. The van der Waals surface area contributed by atoms with Gasteiger partial charge < -0.3 is 24.6 Å². The second-order valence-electron chi connectivity index (χ2n) is 16.7. The van der Waals surface area contributed by atoms with E-state index in [1.807, 2.05) is 24.3 Å². The van der Waals surface area contributed by atoms with Crippen molar-refractivity contribution in [2.24, 2.45) is 11.8 Å². The number of fused-ring (bicyclic) bond motifs is 1. The van der Waals surface area contributed by atoms with Gasteiger partial charge in [-0.25, -0.2) is 24.3 Å². The Kier molecular flexibility index (Phi) is 16.5. The number of methoxy groups -OCH3 is 1. The highest BCUT2D eigenvalue weighted by Crippen LogP contribution is 2.35. The van der Waals surface area contributed by atoms with Crippen LogP contribution in [0.25, 0.3) is 16.7 Å². The number of nitrogens with zero attached hydrogens (tertiary/aromatic N) is 8. The lowest BCUT2D eigenvalue weighted by molar-refractivity contribution is -0.143. The number of halogens is 1. The maximum absolute atomic E-state index is 14.3. The predicted molar refractivity (Wildman–Crippen MR) is 248 cm³/mol. The van der Waals surface area contributed by atoms with Crippen molar-refractivity contribution in [1.29, 1.82) is 0 Å². The summed E-state index contributed by atoms with van der Waals surface area (Å²) in [6.45, 7) is 10.9. The third kappa shape index (κ3) is 12.7. The van der Waals surface area contributed by atoms with E-state index in [0.29, 0.717) is 24.0 Å². The van der Waals surface area contributed by atoms with Crippen LogP contribution in [-0.2, 0) is 27.2 Å². The molecule has 0 spiro atoms. The fourth-order valence-electron chi connectivity index (χ4n) is 7.98. The lowest BCUT2D eigenvalue weighted by Crippen LogP contribution is -2.39. The molecule has 1 amide bonds. The molecule has 8 rings (SSSR count). The standard InChI is InChI=1S/C24H29FN4O2.C24H29N5O3.CH4/c1-16(31-2)20-11-10-18(12-21(20)25)28-24(30)22-13-23(27-15-26-22)29(14-17-8-9-17)19-6-4-3-5-7-19;1-3-9-28(14-17-5-6-17)23-12-20(25-16-26-23)22(30)11-18-7-8-21-19(10-18)13-27-29(21)15-24(31)32-4-2;/h10-13,15,17,19H,1,3-9,14H2,2H3,(H,28,30);7-8,10,12-13,16-17H,3-6,9,11,14-15H2,1-2H3;1H4. The van der Waals surface area contributed by atoms with Gasteiger partial charge in [0.25, 0.3) is 5.91 Å². The van der Waals surface area contributed by atoms with E-state index >= 15 is 0 Å². The van der Waals surface area contributed by atoms with E-state index in [0.717, 1.165) is 78.8 Å². The monoisotopic (exact) mass is 875 g/mol. The van der Waals surface area contributed by atoms with Crippen molar-refractivity contribution in [2.75, 3.05) is 48.5 Å². The molecule has 0 bridgehead atoms. The number of aromatic nitrogens is 6. The summed E-state index contributed by atoms with van der Waals surface area (Å²) in [5.74, 6) is 2.05. The van der Waals surface area contributed by atoms with Crippen molar-refractivity contribution in [1.82, 2.24) is 29.7 Å². The molecule has 0 unspecified atom stereocenters. The van der Waals surface area contributed by atoms with Crippen LogP contribution < -0.4 is 15.1 Å². The Morgan fingerprint density at radius 2 is 1.56 bits per heavy atom. The van der Waals surface area contributed by atoms with E-state index in [-0.39, 0.29) is 49.2 Å². The first-order valence-electron chi connectivity index (χ1n) is 22.2. The van der Waals surface area contributed by atoms with Crippen molar-refractivity contribution in [3.05, 3.63) is 102 Å². The third-order valence-electron chi connectivity index (χ3n) is 11.7. The molecule has 0 saturated heterocycles. The Labute approximate surface area is 375 Å².